The summed E-state index contributed by atoms with van der Waals surface area (Å²) in [5.41, 5.74) is 6.58. The highest BCUT2D eigenvalue weighted by molar-refractivity contribution is 5.99. The molecule has 0 fully saturated rings. The van der Waals surface area contributed by atoms with Crippen molar-refractivity contribution in [2.24, 2.45) is 15.7 Å². The Hall–Kier alpha value is -1.95. The molecule has 1 aromatic carbocycles. The Bertz CT molecular complexity index is 469. The van der Waals surface area contributed by atoms with Crippen LogP contribution in [0.5, 0.6) is 5.75 Å². The van der Waals surface area contributed by atoms with Crippen molar-refractivity contribution in [3.63, 3.8) is 0 Å². The minimum absolute atomic E-state index is 0. The van der Waals surface area contributed by atoms with Crippen molar-refractivity contribution in [3.05, 3.63) is 29.8 Å². The number of phenols is 1. The molecule has 0 amide bonds. The summed E-state index contributed by atoms with van der Waals surface area (Å²) in [7, 11) is 3.75. The maximum Gasteiger partial charge on any atom is 0.202 e. The maximum absolute atomic E-state index is 9.23. The number of rotatable bonds is 1. The average Bonchev–Trinajstić information content (AvgIpc) is 2.29. The van der Waals surface area contributed by atoms with Crippen LogP contribution in [0.3, 0.4) is 0 Å². The molecule has 1 aliphatic rings. The van der Waals surface area contributed by atoms with Crippen LogP contribution in [-0.2, 0) is 0 Å². The van der Waals surface area contributed by atoms with E-state index in [2.05, 4.69) is 15.3 Å². The smallest absolute Gasteiger partial charge is 0.202 e. The molecule has 0 bridgehead atoms. The second-order valence-corrected chi connectivity index (χ2v) is 3.95. The Kier molecular flexibility index (Phi) is 4.38. The third kappa shape index (κ3) is 3.04. The van der Waals surface area contributed by atoms with Gasteiger partial charge in [0.1, 0.15) is 5.75 Å². The van der Waals surface area contributed by atoms with Gasteiger partial charge in [0.2, 0.25) is 5.96 Å². The summed E-state index contributed by atoms with van der Waals surface area (Å²) in [4.78, 5) is 10.4. The number of guanidine groups is 2. The van der Waals surface area contributed by atoms with E-state index >= 15 is 0 Å². The zero-order valence-corrected chi connectivity index (χ0v) is 11.0. The van der Waals surface area contributed by atoms with E-state index in [1.165, 1.54) is 0 Å². The lowest BCUT2D eigenvalue weighted by Gasteiger charge is -2.23. The van der Waals surface area contributed by atoms with Gasteiger partial charge in [0.15, 0.2) is 12.1 Å². The largest absolute Gasteiger partial charge is 0.508 e. The van der Waals surface area contributed by atoms with Crippen molar-refractivity contribution in [1.29, 1.82) is 0 Å². The molecular formula is C11H16ClN5O. The van der Waals surface area contributed by atoms with Crippen molar-refractivity contribution in [2.75, 3.05) is 14.1 Å². The van der Waals surface area contributed by atoms with Gasteiger partial charge in [-0.15, -0.1) is 12.4 Å². The summed E-state index contributed by atoms with van der Waals surface area (Å²) in [6, 6.07) is 6.76. The van der Waals surface area contributed by atoms with Crippen molar-refractivity contribution >= 4 is 24.3 Å². The summed E-state index contributed by atoms with van der Waals surface area (Å²) in [5, 5.41) is 12.1. The summed E-state index contributed by atoms with van der Waals surface area (Å²) in [6.07, 6.45) is -0.366. The van der Waals surface area contributed by atoms with Crippen LogP contribution in [0.25, 0.3) is 0 Å². The SMILES string of the molecule is CN(C)C1=NC(c2ccc(O)cc2)N=C(N)N1.Cl. The predicted molar refractivity (Wildman–Crippen MR) is 74.0 cm³/mol. The first kappa shape index (κ1) is 14.1. The number of halogens is 1. The van der Waals surface area contributed by atoms with E-state index in [1.807, 2.05) is 19.0 Å². The molecule has 98 valence electrons. The first-order valence-electron chi connectivity index (χ1n) is 5.20. The number of nitrogens with one attached hydrogen (secondary N) is 1. The van der Waals surface area contributed by atoms with Gasteiger partial charge >= 0.3 is 0 Å². The first-order valence-corrected chi connectivity index (χ1v) is 5.20. The third-order valence-electron chi connectivity index (χ3n) is 2.36. The molecule has 18 heavy (non-hydrogen) atoms. The Morgan fingerprint density at radius 3 is 2.39 bits per heavy atom. The quantitative estimate of drug-likeness (QED) is 0.699. The van der Waals surface area contributed by atoms with E-state index in [9.17, 15) is 5.11 Å². The molecule has 0 saturated heterocycles. The van der Waals surface area contributed by atoms with Gasteiger partial charge in [-0.2, -0.15) is 0 Å². The first-order chi connectivity index (χ1) is 8.06. The molecule has 0 saturated carbocycles. The van der Waals surface area contributed by atoms with Crippen molar-refractivity contribution in [1.82, 2.24) is 10.2 Å². The van der Waals surface area contributed by atoms with E-state index in [4.69, 9.17) is 5.73 Å². The van der Waals surface area contributed by atoms with Gasteiger partial charge in [-0.3, -0.25) is 5.32 Å². The molecule has 1 aliphatic heterocycles. The van der Waals surface area contributed by atoms with E-state index in [1.54, 1.807) is 24.3 Å². The van der Waals surface area contributed by atoms with Gasteiger partial charge in [-0.25, -0.2) is 9.98 Å². The Labute approximate surface area is 112 Å². The molecule has 1 aromatic rings. The Balaban J connectivity index is 0.00000162. The number of aromatic hydroxyl groups is 1. The fourth-order valence-electron chi connectivity index (χ4n) is 1.48. The maximum atomic E-state index is 9.23. The molecule has 2 rings (SSSR count). The van der Waals surface area contributed by atoms with Crippen LogP contribution in [-0.4, -0.2) is 36.0 Å². The van der Waals surface area contributed by atoms with Gasteiger partial charge in [0.25, 0.3) is 0 Å². The minimum atomic E-state index is -0.366. The molecule has 1 unspecified atom stereocenters. The molecular weight excluding hydrogens is 254 g/mol. The number of hydrogen-bond acceptors (Lipinski definition) is 6. The average molecular weight is 270 g/mol. The lowest BCUT2D eigenvalue weighted by Crippen LogP contribution is -2.46. The lowest BCUT2D eigenvalue weighted by molar-refractivity contribution is 0.475. The summed E-state index contributed by atoms with van der Waals surface area (Å²) in [6.45, 7) is 0. The van der Waals surface area contributed by atoms with Crippen LogP contribution in [0.1, 0.15) is 11.7 Å². The molecule has 0 spiro atoms. The van der Waals surface area contributed by atoms with Crippen LogP contribution in [0.15, 0.2) is 34.3 Å². The monoisotopic (exact) mass is 269 g/mol. The van der Waals surface area contributed by atoms with Gasteiger partial charge in [0, 0.05) is 14.1 Å². The lowest BCUT2D eigenvalue weighted by atomic mass is 10.2. The highest BCUT2D eigenvalue weighted by Gasteiger charge is 2.17. The minimum Gasteiger partial charge on any atom is -0.508 e. The molecule has 0 aliphatic carbocycles. The van der Waals surface area contributed by atoms with Gasteiger partial charge in [-0.1, -0.05) is 12.1 Å². The standard InChI is InChI=1S/C11H15N5O.ClH/c1-16(2)11-14-9(13-10(12)15-11)7-3-5-8(17)6-4-7;/h3-6,9,17H,1-2H3,(H3,12,13,14,15);1H. The molecule has 0 radical (unpaired) electrons. The molecule has 1 heterocycles. The second-order valence-electron chi connectivity index (χ2n) is 3.95. The van der Waals surface area contributed by atoms with Crippen LogP contribution >= 0.6 is 12.4 Å². The topological polar surface area (TPSA) is 86.2 Å². The summed E-state index contributed by atoms with van der Waals surface area (Å²) in [5.74, 6) is 1.22. The number of aliphatic imine (C=N–C) groups is 2. The molecule has 4 N–H and O–H groups in total. The van der Waals surface area contributed by atoms with Gasteiger partial charge < -0.3 is 15.7 Å². The highest BCUT2D eigenvalue weighted by Crippen LogP contribution is 2.22. The van der Waals surface area contributed by atoms with Crippen LogP contribution in [0.2, 0.25) is 0 Å². The number of hydrogen-bond donors (Lipinski definition) is 3. The van der Waals surface area contributed by atoms with Crippen molar-refractivity contribution < 1.29 is 5.11 Å². The number of nitrogens with zero attached hydrogens (tertiary/aromatic N) is 3. The van der Waals surface area contributed by atoms with Gasteiger partial charge in [-0.05, 0) is 17.7 Å². The normalized spacial score (nSPS) is 18.0. The van der Waals surface area contributed by atoms with Gasteiger partial charge in [0.05, 0.1) is 0 Å². The van der Waals surface area contributed by atoms with E-state index < -0.39 is 0 Å². The summed E-state index contributed by atoms with van der Waals surface area (Å²) >= 11 is 0. The molecule has 7 heteroatoms. The molecule has 1 atom stereocenters. The van der Waals surface area contributed by atoms with Crippen molar-refractivity contribution in [3.8, 4) is 5.75 Å². The Morgan fingerprint density at radius 2 is 1.83 bits per heavy atom. The fourth-order valence-corrected chi connectivity index (χ4v) is 1.48. The number of benzene rings is 1. The molecule has 6 nitrogen and oxygen atoms in total. The van der Waals surface area contributed by atoms with Crippen molar-refractivity contribution in [2.45, 2.75) is 6.17 Å². The zero-order chi connectivity index (χ0) is 12.4. The fraction of sp³-hybridized carbons (Fsp3) is 0.273. The van der Waals surface area contributed by atoms with E-state index in [0.29, 0.717) is 11.9 Å². The predicted octanol–water partition coefficient (Wildman–Crippen LogP) is 0.648. The highest BCUT2D eigenvalue weighted by atomic mass is 35.5. The number of phenolic OH excluding ortho intramolecular Hbond substituents is 1. The summed E-state index contributed by atoms with van der Waals surface area (Å²) < 4.78 is 0. The van der Waals surface area contributed by atoms with E-state index in [0.717, 1.165) is 5.56 Å². The number of nitrogens with two attached hydrogens (primary N) is 1. The zero-order valence-electron chi connectivity index (χ0n) is 10.2. The second kappa shape index (κ2) is 5.59. The molecule has 0 aromatic heterocycles. The third-order valence-corrected chi connectivity index (χ3v) is 2.36. The Morgan fingerprint density at radius 1 is 1.22 bits per heavy atom. The van der Waals surface area contributed by atoms with E-state index in [-0.39, 0.29) is 24.3 Å². The van der Waals surface area contributed by atoms with Crippen LogP contribution in [0.4, 0.5) is 0 Å². The van der Waals surface area contributed by atoms with Crippen LogP contribution in [0, 0.1) is 0 Å². The van der Waals surface area contributed by atoms with Crippen LogP contribution < -0.4 is 11.1 Å².